The smallest absolute Gasteiger partial charge is 0.191 e. The zero-order chi connectivity index (χ0) is 17.3. The third kappa shape index (κ3) is 5.44. The molecule has 2 N–H and O–H groups in total. The van der Waals surface area contributed by atoms with Gasteiger partial charge in [-0.2, -0.15) is 0 Å². The lowest BCUT2D eigenvalue weighted by Gasteiger charge is -2.28. The fraction of sp³-hybridized carbons (Fsp3) is 0.650. The maximum Gasteiger partial charge on any atom is 0.191 e. The van der Waals surface area contributed by atoms with E-state index in [1.54, 1.807) is 0 Å². The lowest BCUT2D eigenvalue weighted by molar-refractivity contribution is 0.0888. The Hall–Kier alpha value is -1.59. The van der Waals surface area contributed by atoms with Crippen LogP contribution in [0.3, 0.4) is 0 Å². The van der Waals surface area contributed by atoms with Gasteiger partial charge >= 0.3 is 0 Å². The lowest BCUT2D eigenvalue weighted by Crippen LogP contribution is -2.38. The highest BCUT2D eigenvalue weighted by atomic mass is 16.5. The predicted octanol–water partition coefficient (Wildman–Crippen LogP) is 2.32. The Balaban J connectivity index is 1.32. The van der Waals surface area contributed by atoms with Crippen molar-refractivity contribution < 1.29 is 9.47 Å². The van der Waals surface area contributed by atoms with Crippen molar-refractivity contribution in [2.45, 2.75) is 32.1 Å². The van der Waals surface area contributed by atoms with E-state index >= 15 is 0 Å². The van der Waals surface area contributed by atoms with Gasteiger partial charge in [-0.1, -0.05) is 24.3 Å². The minimum atomic E-state index is 0.573. The van der Waals surface area contributed by atoms with Gasteiger partial charge in [-0.15, -0.1) is 0 Å². The molecule has 1 aromatic rings. The molecule has 1 aliphatic carbocycles. The number of nitrogens with one attached hydrogen (secondary N) is 2. The molecule has 0 aromatic heterocycles. The van der Waals surface area contributed by atoms with Crippen LogP contribution < -0.4 is 10.6 Å². The normalized spacial score (nSPS) is 22.4. The summed E-state index contributed by atoms with van der Waals surface area (Å²) in [5.41, 5.74) is 2.94. The van der Waals surface area contributed by atoms with Gasteiger partial charge in [0.25, 0.3) is 0 Å². The monoisotopic (exact) mass is 345 g/mol. The van der Waals surface area contributed by atoms with Crippen molar-refractivity contribution in [3.8, 4) is 0 Å². The molecule has 0 amide bonds. The Morgan fingerprint density at radius 1 is 1.32 bits per heavy atom. The van der Waals surface area contributed by atoms with Crippen molar-refractivity contribution in [3.63, 3.8) is 0 Å². The molecule has 1 saturated heterocycles. The van der Waals surface area contributed by atoms with Gasteiger partial charge < -0.3 is 20.1 Å². The first-order valence-corrected chi connectivity index (χ1v) is 9.62. The molecular formula is C20H31N3O2. The van der Waals surface area contributed by atoms with Crippen LogP contribution in [-0.2, 0) is 15.9 Å². The first-order valence-electron chi connectivity index (χ1n) is 9.62. The van der Waals surface area contributed by atoms with Gasteiger partial charge in [0.1, 0.15) is 0 Å². The quantitative estimate of drug-likeness (QED) is 0.410. The van der Waals surface area contributed by atoms with Crippen molar-refractivity contribution in [1.82, 2.24) is 10.6 Å². The Kier molecular flexibility index (Phi) is 7.12. The fourth-order valence-corrected chi connectivity index (χ4v) is 3.41. The summed E-state index contributed by atoms with van der Waals surface area (Å²) in [6, 6.07) is 8.68. The summed E-state index contributed by atoms with van der Waals surface area (Å²) in [6.07, 6.45) is 3.28. The molecular weight excluding hydrogens is 314 g/mol. The van der Waals surface area contributed by atoms with Crippen molar-refractivity contribution in [2.75, 3.05) is 46.1 Å². The molecule has 5 heteroatoms. The number of guanidine groups is 1. The first kappa shape index (κ1) is 18.2. The van der Waals surface area contributed by atoms with Gasteiger partial charge in [-0.05, 0) is 37.3 Å². The van der Waals surface area contributed by atoms with Gasteiger partial charge in [0.15, 0.2) is 5.96 Å². The summed E-state index contributed by atoms with van der Waals surface area (Å²) < 4.78 is 11.1. The summed E-state index contributed by atoms with van der Waals surface area (Å²) >= 11 is 0. The second-order valence-electron chi connectivity index (χ2n) is 6.90. The number of fused-ring (bicyclic) bond motifs is 1. The predicted molar refractivity (Wildman–Crippen MR) is 101 cm³/mol. The average molecular weight is 345 g/mol. The van der Waals surface area contributed by atoms with Crippen molar-refractivity contribution in [3.05, 3.63) is 35.4 Å². The van der Waals surface area contributed by atoms with Crippen molar-refractivity contribution >= 4 is 5.96 Å². The molecule has 1 aromatic carbocycles. The maximum absolute atomic E-state index is 5.74. The first-order chi connectivity index (χ1) is 12.4. The number of benzene rings is 1. The standard InChI is InChI=1S/C20H31N3O2/c1-2-21-20(22-9-5-10-24-14-16-8-11-25-15-16)23-13-18-12-17-6-3-4-7-19(17)18/h3-4,6-7,16,18H,2,5,8-15H2,1H3,(H2,21,22,23). The minimum absolute atomic E-state index is 0.573. The molecule has 0 spiro atoms. The lowest BCUT2D eigenvalue weighted by atomic mass is 9.78. The highest BCUT2D eigenvalue weighted by molar-refractivity contribution is 5.79. The number of aliphatic imine (C=N–C) groups is 1. The van der Waals surface area contributed by atoms with E-state index in [4.69, 9.17) is 14.5 Å². The van der Waals surface area contributed by atoms with E-state index < -0.39 is 0 Å². The molecule has 5 nitrogen and oxygen atoms in total. The molecule has 1 heterocycles. The van der Waals surface area contributed by atoms with Crippen LogP contribution >= 0.6 is 0 Å². The summed E-state index contributed by atoms with van der Waals surface area (Å²) in [7, 11) is 0. The van der Waals surface area contributed by atoms with Crippen LogP contribution in [0.1, 0.15) is 36.8 Å². The van der Waals surface area contributed by atoms with Gasteiger partial charge in [0, 0.05) is 44.7 Å². The van der Waals surface area contributed by atoms with E-state index in [1.807, 2.05) is 0 Å². The van der Waals surface area contributed by atoms with Gasteiger partial charge in [0.2, 0.25) is 0 Å². The van der Waals surface area contributed by atoms with Crippen molar-refractivity contribution in [1.29, 1.82) is 0 Å². The number of nitrogens with zero attached hydrogens (tertiary/aromatic N) is 1. The summed E-state index contributed by atoms with van der Waals surface area (Å²) in [4.78, 5) is 4.75. The minimum Gasteiger partial charge on any atom is -0.381 e. The highest BCUT2D eigenvalue weighted by Gasteiger charge is 2.24. The molecule has 0 saturated carbocycles. The van der Waals surface area contributed by atoms with Gasteiger partial charge in [0.05, 0.1) is 13.2 Å². The van der Waals surface area contributed by atoms with Crippen LogP contribution in [0.4, 0.5) is 0 Å². The van der Waals surface area contributed by atoms with Crippen LogP contribution in [-0.4, -0.2) is 52.0 Å². The summed E-state index contributed by atoms with van der Waals surface area (Å²) in [5, 5.41) is 6.74. The number of hydrogen-bond donors (Lipinski definition) is 2. The number of ether oxygens (including phenoxy) is 2. The Morgan fingerprint density at radius 3 is 3.04 bits per heavy atom. The summed E-state index contributed by atoms with van der Waals surface area (Å²) in [6.45, 7) is 8.09. The Labute approximate surface area is 151 Å². The molecule has 138 valence electrons. The van der Waals surface area contributed by atoms with Crippen LogP contribution in [0.5, 0.6) is 0 Å². The Morgan fingerprint density at radius 2 is 2.24 bits per heavy atom. The summed E-state index contributed by atoms with van der Waals surface area (Å²) in [5.74, 6) is 2.08. The van der Waals surface area contributed by atoms with E-state index in [0.717, 1.165) is 71.3 Å². The van der Waals surface area contributed by atoms with E-state index in [2.05, 4.69) is 41.8 Å². The third-order valence-corrected chi connectivity index (χ3v) is 4.91. The zero-order valence-electron chi connectivity index (χ0n) is 15.3. The average Bonchev–Trinajstić information content (AvgIpc) is 3.12. The van der Waals surface area contributed by atoms with Crippen LogP contribution in [0.2, 0.25) is 0 Å². The molecule has 2 unspecified atom stereocenters. The second-order valence-corrected chi connectivity index (χ2v) is 6.90. The van der Waals surface area contributed by atoms with E-state index in [-0.39, 0.29) is 0 Å². The highest BCUT2D eigenvalue weighted by Crippen LogP contribution is 2.34. The van der Waals surface area contributed by atoms with E-state index in [0.29, 0.717) is 11.8 Å². The van der Waals surface area contributed by atoms with Crippen LogP contribution in [0, 0.1) is 5.92 Å². The molecule has 0 radical (unpaired) electrons. The molecule has 3 rings (SSSR count). The SMILES string of the molecule is CCNC(=NCC1Cc2ccccc21)NCCCOCC1CCOC1. The Bertz CT molecular complexity index is 556. The van der Waals surface area contributed by atoms with E-state index in [1.165, 1.54) is 11.1 Å². The molecule has 2 aliphatic rings. The molecule has 25 heavy (non-hydrogen) atoms. The van der Waals surface area contributed by atoms with Crippen LogP contribution in [0.25, 0.3) is 0 Å². The number of rotatable bonds is 9. The van der Waals surface area contributed by atoms with Crippen molar-refractivity contribution in [2.24, 2.45) is 10.9 Å². The van der Waals surface area contributed by atoms with Gasteiger partial charge in [-0.3, -0.25) is 4.99 Å². The molecule has 1 fully saturated rings. The van der Waals surface area contributed by atoms with Crippen LogP contribution in [0.15, 0.2) is 29.3 Å². The van der Waals surface area contributed by atoms with E-state index in [9.17, 15) is 0 Å². The third-order valence-electron chi connectivity index (χ3n) is 4.91. The molecule has 0 bridgehead atoms. The van der Waals surface area contributed by atoms with Gasteiger partial charge in [-0.25, -0.2) is 0 Å². The maximum atomic E-state index is 5.74. The molecule has 2 atom stereocenters. The second kappa shape index (κ2) is 9.78. The fourth-order valence-electron chi connectivity index (χ4n) is 3.41. The largest absolute Gasteiger partial charge is 0.381 e. The number of hydrogen-bond acceptors (Lipinski definition) is 3. The zero-order valence-corrected chi connectivity index (χ0v) is 15.3. The molecule has 1 aliphatic heterocycles. The topological polar surface area (TPSA) is 54.9 Å².